The number of nitrogens with zero attached hydrogens (tertiary/aromatic N) is 1. The third-order valence-electron chi connectivity index (χ3n) is 3.97. The number of hydrogen-bond acceptors (Lipinski definition) is 4. The molecule has 6 heteroatoms. The van der Waals surface area contributed by atoms with Gasteiger partial charge in [0.2, 0.25) is 0 Å². The smallest absolute Gasteiger partial charge is 0.329 e. The van der Waals surface area contributed by atoms with Crippen molar-refractivity contribution >= 4 is 23.1 Å². The van der Waals surface area contributed by atoms with Gasteiger partial charge < -0.3 is 20.5 Å². The van der Waals surface area contributed by atoms with Gasteiger partial charge in [0.05, 0.1) is 18.0 Å². The molecule has 0 aliphatic carbocycles. The highest BCUT2D eigenvalue weighted by atomic mass is 16.5. The summed E-state index contributed by atoms with van der Waals surface area (Å²) in [4.78, 5) is 14.5. The molecular formula is C22H23N3O3. The Morgan fingerprint density at radius 2 is 1.43 bits per heavy atom. The molecule has 0 aliphatic heterocycles. The lowest BCUT2D eigenvalue weighted by atomic mass is 10.2. The molecule has 0 saturated carbocycles. The molecule has 0 fully saturated rings. The highest BCUT2D eigenvalue weighted by Crippen LogP contribution is 2.27. The first-order valence-electron chi connectivity index (χ1n) is 9.02. The van der Waals surface area contributed by atoms with E-state index < -0.39 is 0 Å². The van der Waals surface area contributed by atoms with Crippen molar-refractivity contribution in [2.75, 3.05) is 24.0 Å². The van der Waals surface area contributed by atoms with Crippen LogP contribution >= 0.6 is 0 Å². The van der Waals surface area contributed by atoms with E-state index in [2.05, 4.69) is 5.32 Å². The Morgan fingerprint density at radius 1 is 0.857 bits per heavy atom. The Bertz CT molecular complexity index is 898. The number of ether oxygens (including phenoxy) is 2. The fourth-order valence-corrected chi connectivity index (χ4v) is 2.68. The number of para-hydroxylation sites is 3. The largest absolute Gasteiger partial charge is 0.490 e. The van der Waals surface area contributed by atoms with E-state index in [0.29, 0.717) is 29.5 Å². The standard InChI is InChI=1S/C22H23N3O3/c1-2-27-20-10-6-7-11-21(20)28-16-24-22(26)25(18-8-4-3-5-9-18)19-14-12-17(23)13-15-19/h3-15H,2,16,23H2,1H3,(H,24,26). The molecule has 3 aromatic rings. The predicted molar refractivity (Wildman–Crippen MR) is 111 cm³/mol. The third-order valence-corrected chi connectivity index (χ3v) is 3.97. The van der Waals surface area contributed by atoms with Crippen LogP contribution < -0.4 is 25.4 Å². The van der Waals surface area contributed by atoms with Crippen LogP contribution in [0.15, 0.2) is 78.9 Å². The molecule has 144 valence electrons. The molecule has 0 aliphatic rings. The summed E-state index contributed by atoms with van der Waals surface area (Å²) in [6.45, 7) is 2.44. The average molecular weight is 377 g/mol. The van der Waals surface area contributed by atoms with Crippen LogP contribution in [0.5, 0.6) is 11.5 Å². The number of nitrogens with two attached hydrogens (primary N) is 1. The number of amides is 2. The van der Waals surface area contributed by atoms with E-state index in [0.717, 1.165) is 5.69 Å². The number of nitrogen functional groups attached to an aromatic ring is 1. The second-order valence-corrected chi connectivity index (χ2v) is 5.91. The van der Waals surface area contributed by atoms with Crippen LogP contribution in [0.1, 0.15) is 6.92 Å². The summed E-state index contributed by atoms with van der Waals surface area (Å²) >= 11 is 0. The van der Waals surface area contributed by atoms with Crippen molar-refractivity contribution in [1.29, 1.82) is 0 Å². The maximum Gasteiger partial charge on any atom is 0.329 e. The van der Waals surface area contributed by atoms with Crippen molar-refractivity contribution in [2.24, 2.45) is 0 Å². The first-order chi connectivity index (χ1) is 13.7. The van der Waals surface area contributed by atoms with Gasteiger partial charge in [0.1, 0.15) is 0 Å². The highest BCUT2D eigenvalue weighted by molar-refractivity contribution is 5.99. The first kappa shape index (κ1) is 19.1. The predicted octanol–water partition coefficient (Wildman–Crippen LogP) is 4.55. The number of benzene rings is 3. The van der Waals surface area contributed by atoms with E-state index in [1.54, 1.807) is 35.2 Å². The van der Waals surface area contributed by atoms with Crippen molar-refractivity contribution < 1.29 is 14.3 Å². The first-order valence-corrected chi connectivity index (χ1v) is 9.02. The molecule has 0 unspecified atom stereocenters. The van der Waals surface area contributed by atoms with Gasteiger partial charge in [-0.15, -0.1) is 0 Å². The summed E-state index contributed by atoms with van der Waals surface area (Å²) < 4.78 is 11.2. The number of hydrogen-bond donors (Lipinski definition) is 2. The molecule has 0 radical (unpaired) electrons. The minimum atomic E-state index is -0.315. The number of carbonyl (C=O) groups is 1. The third kappa shape index (κ3) is 4.73. The lowest BCUT2D eigenvalue weighted by Crippen LogP contribution is -2.38. The number of nitrogens with one attached hydrogen (secondary N) is 1. The van der Waals surface area contributed by atoms with E-state index in [1.807, 2.05) is 55.5 Å². The molecule has 0 spiro atoms. The van der Waals surface area contributed by atoms with Gasteiger partial charge in [-0.25, -0.2) is 4.79 Å². The zero-order valence-corrected chi connectivity index (χ0v) is 15.7. The minimum absolute atomic E-state index is 0.00122. The van der Waals surface area contributed by atoms with Crippen LogP contribution in [0.3, 0.4) is 0 Å². The summed E-state index contributed by atoms with van der Waals surface area (Å²) in [5, 5.41) is 2.79. The molecular weight excluding hydrogens is 354 g/mol. The van der Waals surface area contributed by atoms with E-state index in [1.165, 1.54) is 0 Å². The van der Waals surface area contributed by atoms with Gasteiger partial charge in [0.15, 0.2) is 18.2 Å². The lowest BCUT2D eigenvalue weighted by Gasteiger charge is -2.23. The Labute approximate surface area is 164 Å². The van der Waals surface area contributed by atoms with Crippen molar-refractivity contribution in [3.63, 3.8) is 0 Å². The van der Waals surface area contributed by atoms with E-state index in [4.69, 9.17) is 15.2 Å². The number of anilines is 3. The van der Waals surface area contributed by atoms with E-state index in [9.17, 15) is 4.79 Å². The van der Waals surface area contributed by atoms with Gasteiger partial charge in [-0.1, -0.05) is 30.3 Å². The van der Waals surface area contributed by atoms with Gasteiger partial charge in [-0.2, -0.15) is 0 Å². The summed E-state index contributed by atoms with van der Waals surface area (Å²) in [6, 6.07) is 23.5. The van der Waals surface area contributed by atoms with Gasteiger partial charge in [-0.05, 0) is 55.5 Å². The fraction of sp³-hybridized carbons (Fsp3) is 0.136. The maximum absolute atomic E-state index is 12.9. The van der Waals surface area contributed by atoms with E-state index >= 15 is 0 Å². The molecule has 0 saturated heterocycles. The van der Waals surface area contributed by atoms with Crippen molar-refractivity contribution in [3.05, 3.63) is 78.9 Å². The molecule has 0 heterocycles. The minimum Gasteiger partial charge on any atom is -0.490 e. The van der Waals surface area contributed by atoms with Gasteiger partial charge in [0, 0.05) is 5.69 Å². The molecule has 6 nitrogen and oxygen atoms in total. The van der Waals surface area contributed by atoms with Crippen LogP contribution in [0.2, 0.25) is 0 Å². The van der Waals surface area contributed by atoms with Gasteiger partial charge in [-0.3, -0.25) is 4.90 Å². The highest BCUT2D eigenvalue weighted by Gasteiger charge is 2.18. The van der Waals surface area contributed by atoms with Crippen LogP contribution in [-0.2, 0) is 0 Å². The fourth-order valence-electron chi connectivity index (χ4n) is 2.68. The molecule has 0 aromatic heterocycles. The van der Waals surface area contributed by atoms with Gasteiger partial charge in [0.25, 0.3) is 0 Å². The van der Waals surface area contributed by atoms with Crippen LogP contribution in [0, 0.1) is 0 Å². The van der Waals surface area contributed by atoms with Crippen molar-refractivity contribution in [1.82, 2.24) is 5.32 Å². The maximum atomic E-state index is 12.9. The zero-order chi connectivity index (χ0) is 19.8. The molecule has 0 atom stereocenters. The summed E-state index contributed by atoms with van der Waals surface area (Å²) in [5.74, 6) is 1.21. The topological polar surface area (TPSA) is 76.8 Å². The number of carbonyl (C=O) groups excluding carboxylic acids is 1. The summed E-state index contributed by atoms with van der Waals surface area (Å²) in [7, 11) is 0. The second-order valence-electron chi connectivity index (χ2n) is 5.91. The van der Waals surface area contributed by atoms with Crippen molar-refractivity contribution in [3.8, 4) is 11.5 Å². The quantitative estimate of drug-likeness (QED) is 0.468. The summed E-state index contributed by atoms with van der Waals surface area (Å²) in [6.07, 6.45) is 0. The Balaban J connectivity index is 1.73. The molecule has 3 aromatic carbocycles. The molecule has 28 heavy (non-hydrogen) atoms. The molecule has 2 amide bonds. The second kappa shape index (κ2) is 9.32. The SMILES string of the molecule is CCOc1ccccc1OCNC(=O)N(c1ccccc1)c1ccc(N)cc1. The van der Waals surface area contributed by atoms with Crippen LogP contribution in [-0.4, -0.2) is 19.4 Å². The Kier molecular flexibility index (Phi) is 6.36. The number of rotatable bonds is 7. The number of urea groups is 1. The average Bonchev–Trinajstić information content (AvgIpc) is 2.72. The van der Waals surface area contributed by atoms with Gasteiger partial charge >= 0.3 is 6.03 Å². The normalized spacial score (nSPS) is 10.2. The van der Waals surface area contributed by atoms with Crippen LogP contribution in [0.4, 0.5) is 21.9 Å². The van der Waals surface area contributed by atoms with E-state index in [-0.39, 0.29) is 12.8 Å². The lowest BCUT2D eigenvalue weighted by molar-refractivity contribution is 0.226. The molecule has 3 rings (SSSR count). The van der Waals surface area contributed by atoms with Crippen LogP contribution in [0.25, 0.3) is 0 Å². The Morgan fingerprint density at radius 3 is 2.07 bits per heavy atom. The molecule has 0 bridgehead atoms. The van der Waals surface area contributed by atoms with Crippen molar-refractivity contribution in [2.45, 2.75) is 6.92 Å². The summed E-state index contributed by atoms with van der Waals surface area (Å²) in [5.41, 5.74) is 7.84. The molecule has 3 N–H and O–H groups in total. The Hall–Kier alpha value is -3.67. The monoisotopic (exact) mass is 377 g/mol. The zero-order valence-electron chi connectivity index (χ0n) is 15.7.